The lowest BCUT2D eigenvalue weighted by molar-refractivity contribution is -0.0823. The van der Waals surface area contributed by atoms with Crippen molar-refractivity contribution >= 4 is 0 Å². The predicted molar refractivity (Wildman–Crippen MR) is 104 cm³/mol. The van der Waals surface area contributed by atoms with Gasteiger partial charge in [-0.15, -0.1) is 0 Å². The molecule has 0 atom stereocenters. The summed E-state index contributed by atoms with van der Waals surface area (Å²) in [5, 5.41) is 0. The SMILES string of the molecule is CCCCCCCCCOCO/C(OCC)=C(/CCCCC)OCC. The van der Waals surface area contributed by atoms with E-state index in [2.05, 4.69) is 13.8 Å². The topological polar surface area (TPSA) is 36.9 Å². The summed E-state index contributed by atoms with van der Waals surface area (Å²) in [5.41, 5.74) is 0. The second-order valence-electron chi connectivity index (χ2n) is 6.33. The molecule has 150 valence electrons. The maximum Gasteiger partial charge on any atom is 0.321 e. The lowest BCUT2D eigenvalue weighted by Crippen LogP contribution is -2.09. The summed E-state index contributed by atoms with van der Waals surface area (Å²) < 4.78 is 22.6. The molecule has 0 amide bonds. The van der Waals surface area contributed by atoms with Gasteiger partial charge in [-0.25, -0.2) is 0 Å². The van der Waals surface area contributed by atoms with Crippen molar-refractivity contribution < 1.29 is 18.9 Å². The molecule has 0 spiro atoms. The second-order valence-corrected chi connectivity index (χ2v) is 6.33. The maximum absolute atomic E-state index is 5.72. The first-order valence-electron chi connectivity index (χ1n) is 10.5. The molecule has 0 radical (unpaired) electrons. The van der Waals surface area contributed by atoms with Gasteiger partial charge in [-0.05, 0) is 26.7 Å². The molecule has 4 nitrogen and oxygen atoms in total. The fourth-order valence-electron chi connectivity index (χ4n) is 2.59. The molecule has 0 heterocycles. The molecule has 0 aliphatic carbocycles. The lowest BCUT2D eigenvalue weighted by atomic mass is 10.1. The highest BCUT2D eigenvalue weighted by Crippen LogP contribution is 2.17. The van der Waals surface area contributed by atoms with E-state index in [1.165, 1.54) is 51.4 Å². The molecule has 0 saturated carbocycles. The van der Waals surface area contributed by atoms with Crippen LogP contribution in [0.3, 0.4) is 0 Å². The van der Waals surface area contributed by atoms with E-state index in [0.29, 0.717) is 19.2 Å². The summed E-state index contributed by atoms with van der Waals surface area (Å²) in [7, 11) is 0. The Morgan fingerprint density at radius 3 is 1.84 bits per heavy atom. The Bertz CT molecular complexity index is 302. The van der Waals surface area contributed by atoms with E-state index in [4.69, 9.17) is 18.9 Å². The molecule has 0 fully saturated rings. The number of ether oxygens (including phenoxy) is 4. The summed E-state index contributed by atoms with van der Waals surface area (Å²) >= 11 is 0. The van der Waals surface area contributed by atoms with Crippen molar-refractivity contribution in [2.24, 2.45) is 0 Å². The van der Waals surface area contributed by atoms with Crippen LogP contribution in [0.4, 0.5) is 0 Å². The van der Waals surface area contributed by atoms with Crippen LogP contribution in [0, 0.1) is 0 Å². The van der Waals surface area contributed by atoms with E-state index >= 15 is 0 Å². The number of hydrogen-bond acceptors (Lipinski definition) is 4. The Labute approximate surface area is 156 Å². The van der Waals surface area contributed by atoms with E-state index in [9.17, 15) is 0 Å². The van der Waals surface area contributed by atoms with Crippen LogP contribution in [0.5, 0.6) is 0 Å². The molecule has 0 aliphatic heterocycles. The number of allylic oxidation sites excluding steroid dienone is 1. The van der Waals surface area contributed by atoms with Crippen LogP contribution in [0.2, 0.25) is 0 Å². The minimum Gasteiger partial charge on any atom is -0.491 e. The van der Waals surface area contributed by atoms with Crippen LogP contribution >= 0.6 is 0 Å². The Hall–Kier alpha value is -0.900. The van der Waals surface area contributed by atoms with Crippen molar-refractivity contribution in [3.05, 3.63) is 11.7 Å². The highest BCUT2D eigenvalue weighted by atomic mass is 16.7. The molecule has 0 aromatic carbocycles. The standard InChI is InChI=1S/C21H42O4/c1-5-9-11-12-13-14-16-18-22-19-25-21(24-8-4)20(23-7-3)17-15-10-6-2/h5-19H2,1-4H3/b21-20-. The van der Waals surface area contributed by atoms with Gasteiger partial charge in [0.1, 0.15) is 0 Å². The average molecular weight is 359 g/mol. The highest BCUT2D eigenvalue weighted by Gasteiger charge is 2.11. The van der Waals surface area contributed by atoms with Crippen molar-refractivity contribution in [2.45, 2.75) is 98.3 Å². The van der Waals surface area contributed by atoms with Gasteiger partial charge in [0.2, 0.25) is 0 Å². The van der Waals surface area contributed by atoms with E-state index < -0.39 is 0 Å². The number of unbranched alkanes of at least 4 members (excludes halogenated alkanes) is 8. The van der Waals surface area contributed by atoms with E-state index in [-0.39, 0.29) is 6.79 Å². The fourth-order valence-corrected chi connectivity index (χ4v) is 2.59. The van der Waals surface area contributed by atoms with Crippen LogP contribution in [0.1, 0.15) is 98.3 Å². The van der Waals surface area contributed by atoms with E-state index in [0.717, 1.165) is 31.6 Å². The third-order valence-corrected chi connectivity index (χ3v) is 3.99. The first-order valence-corrected chi connectivity index (χ1v) is 10.5. The molecule has 0 unspecified atom stereocenters. The maximum atomic E-state index is 5.72. The Morgan fingerprint density at radius 2 is 1.20 bits per heavy atom. The third-order valence-electron chi connectivity index (χ3n) is 3.99. The van der Waals surface area contributed by atoms with Crippen molar-refractivity contribution in [3.63, 3.8) is 0 Å². The monoisotopic (exact) mass is 358 g/mol. The van der Waals surface area contributed by atoms with Crippen molar-refractivity contribution in [2.75, 3.05) is 26.6 Å². The van der Waals surface area contributed by atoms with Gasteiger partial charge >= 0.3 is 5.95 Å². The summed E-state index contributed by atoms with van der Waals surface area (Å²) in [6, 6.07) is 0. The zero-order chi connectivity index (χ0) is 18.6. The summed E-state index contributed by atoms with van der Waals surface area (Å²) in [5.74, 6) is 1.32. The molecule has 4 heteroatoms. The smallest absolute Gasteiger partial charge is 0.321 e. The van der Waals surface area contributed by atoms with Gasteiger partial charge in [-0.1, -0.05) is 65.2 Å². The van der Waals surface area contributed by atoms with Gasteiger partial charge in [-0.3, -0.25) is 0 Å². The predicted octanol–water partition coefficient (Wildman–Crippen LogP) is 6.55. The quantitative estimate of drug-likeness (QED) is 0.149. The minimum atomic E-state index is 0.232. The van der Waals surface area contributed by atoms with E-state index in [1.807, 2.05) is 13.8 Å². The Morgan fingerprint density at radius 1 is 0.600 bits per heavy atom. The molecule has 0 rings (SSSR count). The number of rotatable bonds is 19. The molecule has 0 N–H and O–H groups in total. The van der Waals surface area contributed by atoms with Gasteiger partial charge in [0.05, 0.1) is 19.8 Å². The fraction of sp³-hybridized carbons (Fsp3) is 0.905. The molecule has 0 aromatic rings. The van der Waals surface area contributed by atoms with Crippen LogP contribution in [0.25, 0.3) is 0 Å². The minimum absolute atomic E-state index is 0.232. The first kappa shape index (κ1) is 24.1. The van der Waals surface area contributed by atoms with Crippen LogP contribution in [0.15, 0.2) is 11.7 Å². The molecular formula is C21H42O4. The molecule has 0 aliphatic rings. The van der Waals surface area contributed by atoms with Gasteiger partial charge in [-0.2, -0.15) is 0 Å². The van der Waals surface area contributed by atoms with Crippen LogP contribution < -0.4 is 0 Å². The Balaban J connectivity index is 4.00. The third kappa shape index (κ3) is 15.1. The summed E-state index contributed by atoms with van der Waals surface area (Å²) in [6.07, 6.45) is 13.3. The van der Waals surface area contributed by atoms with Gasteiger partial charge in [0, 0.05) is 6.42 Å². The Kier molecular flexibility index (Phi) is 18.7. The largest absolute Gasteiger partial charge is 0.491 e. The summed E-state index contributed by atoms with van der Waals surface area (Å²) in [6.45, 7) is 10.6. The molecule has 0 saturated heterocycles. The first-order chi connectivity index (χ1) is 12.3. The van der Waals surface area contributed by atoms with E-state index in [1.54, 1.807) is 0 Å². The van der Waals surface area contributed by atoms with Crippen molar-refractivity contribution in [3.8, 4) is 0 Å². The van der Waals surface area contributed by atoms with Gasteiger partial charge in [0.25, 0.3) is 0 Å². The van der Waals surface area contributed by atoms with Crippen molar-refractivity contribution in [1.82, 2.24) is 0 Å². The summed E-state index contributed by atoms with van der Waals surface area (Å²) in [4.78, 5) is 0. The zero-order valence-electron chi connectivity index (χ0n) is 17.2. The van der Waals surface area contributed by atoms with Crippen LogP contribution in [-0.4, -0.2) is 26.6 Å². The molecule has 0 bridgehead atoms. The van der Waals surface area contributed by atoms with Crippen molar-refractivity contribution in [1.29, 1.82) is 0 Å². The van der Waals surface area contributed by atoms with Gasteiger partial charge in [0.15, 0.2) is 12.6 Å². The zero-order valence-corrected chi connectivity index (χ0v) is 17.2. The molecular weight excluding hydrogens is 316 g/mol. The van der Waals surface area contributed by atoms with Gasteiger partial charge < -0.3 is 18.9 Å². The van der Waals surface area contributed by atoms with Crippen LogP contribution in [-0.2, 0) is 18.9 Å². The average Bonchev–Trinajstić information content (AvgIpc) is 2.62. The second kappa shape index (κ2) is 19.4. The highest BCUT2D eigenvalue weighted by molar-refractivity contribution is 4.95. The lowest BCUT2D eigenvalue weighted by Gasteiger charge is -2.16. The normalized spacial score (nSPS) is 12.0. The number of hydrogen-bond donors (Lipinski definition) is 0. The molecule has 0 aromatic heterocycles. The molecule has 25 heavy (non-hydrogen) atoms.